The predicted molar refractivity (Wildman–Crippen MR) is 189 cm³/mol. The number of nitrogens with two attached hydrogens (primary N) is 3. The van der Waals surface area contributed by atoms with Crippen LogP contribution < -0.4 is 17.2 Å². The van der Waals surface area contributed by atoms with Crippen molar-refractivity contribution < 1.29 is 0 Å². The third-order valence-corrected chi connectivity index (χ3v) is 9.53. The van der Waals surface area contributed by atoms with Crippen molar-refractivity contribution in [2.75, 3.05) is 0 Å². The van der Waals surface area contributed by atoms with Crippen LogP contribution in [0.3, 0.4) is 0 Å². The zero-order chi connectivity index (χ0) is 30.9. The Morgan fingerprint density at radius 2 is 0.644 bits per heavy atom. The Kier molecular flexibility index (Phi) is 7.47. The fraction of sp³-hybridized carbons (Fsp3) is 0.143. The third-order valence-electron chi connectivity index (χ3n) is 9.53. The highest BCUT2D eigenvalue weighted by molar-refractivity contribution is 5.78. The molecule has 0 saturated heterocycles. The first kappa shape index (κ1) is 28.9. The zero-order valence-corrected chi connectivity index (χ0v) is 25.4. The maximum absolute atomic E-state index is 7.23. The van der Waals surface area contributed by atoms with Gasteiger partial charge in [0, 0.05) is 0 Å². The van der Waals surface area contributed by atoms with Crippen LogP contribution in [0.1, 0.15) is 52.6 Å². The van der Waals surface area contributed by atoms with Crippen LogP contribution >= 0.6 is 0 Å². The summed E-state index contributed by atoms with van der Waals surface area (Å²) in [6, 6.07) is 37.9. The Balaban J connectivity index is 1.26. The minimum Gasteiger partial charge on any atom is -0.318 e. The van der Waals surface area contributed by atoms with Crippen LogP contribution in [0.2, 0.25) is 0 Å². The largest absolute Gasteiger partial charge is 0.318 e. The summed E-state index contributed by atoms with van der Waals surface area (Å²) >= 11 is 0. The summed E-state index contributed by atoms with van der Waals surface area (Å²) in [6.45, 7) is 0. The van der Waals surface area contributed by atoms with Crippen LogP contribution in [0.4, 0.5) is 0 Å². The highest BCUT2D eigenvalue weighted by Gasteiger charge is 2.35. The van der Waals surface area contributed by atoms with E-state index in [0.29, 0.717) is 19.3 Å². The van der Waals surface area contributed by atoms with Crippen molar-refractivity contribution in [1.82, 2.24) is 0 Å². The van der Waals surface area contributed by atoms with E-state index in [0.717, 1.165) is 16.7 Å². The number of rotatable bonds is 6. The topological polar surface area (TPSA) is 78.1 Å². The summed E-state index contributed by atoms with van der Waals surface area (Å²) < 4.78 is 0. The number of hydrogen-bond donors (Lipinski definition) is 3. The fourth-order valence-corrected chi connectivity index (χ4v) is 6.57. The van der Waals surface area contributed by atoms with E-state index in [-0.39, 0.29) is 0 Å². The molecule has 0 bridgehead atoms. The lowest BCUT2D eigenvalue weighted by atomic mass is 9.73. The lowest BCUT2D eigenvalue weighted by Crippen LogP contribution is -2.41. The van der Waals surface area contributed by atoms with Gasteiger partial charge >= 0.3 is 0 Å². The average molecular weight is 586 g/mol. The molecule has 0 spiro atoms. The standard InChI is InChI=1S/C42H39N3/c43-40(22-16-34(17-23-40)31-10-4-1-5-11-31)37-28-38(41(44)24-18-35(19-25-41)32-12-6-2-7-13-32)30-39(29-37)42(45)26-20-36(21-27-42)33-14-8-3-9-15-33/h1-22,24,26,28-30H,23,25,27,43-45H2. The molecule has 0 aliphatic heterocycles. The van der Waals surface area contributed by atoms with Crippen LogP contribution in [0.5, 0.6) is 0 Å². The molecule has 0 fully saturated rings. The quantitative estimate of drug-likeness (QED) is 0.213. The molecule has 4 aromatic rings. The Morgan fingerprint density at radius 3 is 0.867 bits per heavy atom. The molecule has 45 heavy (non-hydrogen) atoms. The molecule has 0 heterocycles. The molecule has 3 aliphatic carbocycles. The normalized spacial score (nSPS) is 25.8. The summed E-state index contributed by atoms with van der Waals surface area (Å²) in [4.78, 5) is 0. The number of hydrogen-bond acceptors (Lipinski definition) is 3. The van der Waals surface area contributed by atoms with Gasteiger partial charge < -0.3 is 17.2 Å². The molecule has 0 radical (unpaired) electrons. The maximum atomic E-state index is 7.23. The average Bonchev–Trinajstić information content (AvgIpc) is 3.10. The van der Waals surface area contributed by atoms with E-state index in [9.17, 15) is 0 Å². The molecule has 3 nitrogen and oxygen atoms in total. The minimum atomic E-state index is -0.692. The highest BCUT2D eigenvalue weighted by atomic mass is 14.8. The molecule has 0 saturated carbocycles. The van der Waals surface area contributed by atoms with Crippen molar-refractivity contribution in [3.63, 3.8) is 0 Å². The zero-order valence-electron chi connectivity index (χ0n) is 25.4. The molecular formula is C42H39N3. The van der Waals surface area contributed by atoms with Gasteiger partial charge in [-0.25, -0.2) is 0 Å². The van der Waals surface area contributed by atoms with Gasteiger partial charge in [0.1, 0.15) is 0 Å². The summed E-state index contributed by atoms with van der Waals surface area (Å²) in [5.74, 6) is 0. The van der Waals surface area contributed by atoms with E-state index in [1.807, 2.05) is 18.2 Å². The van der Waals surface area contributed by atoms with Crippen molar-refractivity contribution in [2.45, 2.75) is 35.9 Å². The molecule has 7 rings (SSSR count). The van der Waals surface area contributed by atoms with Crippen LogP contribution in [0, 0.1) is 0 Å². The first-order chi connectivity index (χ1) is 21.8. The van der Waals surface area contributed by atoms with Crippen molar-refractivity contribution >= 4 is 16.7 Å². The second-order valence-electron chi connectivity index (χ2n) is 12.6. The summed E-state index contributed by atoms with van der Waals surface area (Å²) in [5, 5.41) is 0. The van der Waals surface area contributed by atoms with Crippen LogP contribution in [0.25, 0.3) is 16.7 Å². The van der Waals surface area contributed by atoms with Gasteiger partial charge in [-0.1, -0.05) is 164 Å². The van der Waals surface area contributed by atoms with Gasteiger partial charge in [-0.15, -0.1) is 0 Å². The summed E-state index contributed by atoms with van der Waals surface area (Å²) in [5.41, 5.74) is 29.8. The Morgan fingerprint density at radius 1 is 0.378 bits per heavy atom. The molecule has 3 aliphatic rings. The molecule has 6 N–H and O–H groups in total. The molecule has 3 atom stereocenters. The van der Waals surface area contributed by atoms with Crippen LogP contribution in [-0.2, 0) is 16.6 Å². The Bertz CT molecular complexity index is 1660. The monoisotopic (exact) mass is 585 g/mol. The van der Waals surface area contributed by atoms with Crippen molar-refractivity contribution in [3.8, 4) is 0 Å². The molecule has 3 unspecified atom stereocenters. The second kappa shape index (κ2) is 11.6. The summed E-state index contributed by atoms with van der Waals surface area (Å²) in [6.07, 6.45) is 21.6. The number of benzene rings is 4. The Labute approximate surface area is 266 Å². The molecule has 222 valence electrons. The van der Waals surface area contributed by atoms with Crippen LogP contribution in [-0.4, -0.2) is 0 Å². The van der Waals surface area contributed by atoms with Gasteiger partial charge in [-0.05, 0) is 69.4 Å². The van der Waals surface area contributed by atoms with E-state index >= 15 is 0 Å². The van der Waals surface area contributed by atoms with E-state index < -0.39 is 16.6 Å². The Hall–Kier alpha value is -4.80. The van der Waals surface area contributed by atoms with Gasteiger partial charge in [-0.3, -0.25) is 0 Å². The van der Waals surface area contributed by atoms with Gasteiger partial charge in [0.25, 0.3) is 0 Å². The van der Waals surface area contributed by atoms with E-state index in [2.05, 4.69) is 146 Å². The number of allylic oxidation sites excluding steroid dienone is 6. The first-order valence-electron chi connectivity index (χ1n) is 15.7. The highest BCUT2D eigenvalue weighted by Crippen LogP contribution is 2.41. The fourth-order valence-electron chi connectivity index (χ4n) is 6.57. The molecule has 4 aromatic carbocycles. The second-order valence-corrected chi connectivity index (χ2v) is 12.6. The minimum absolute atomic E-state index is 0.674. The van der Waals surface area contributed by atoms with Crippen molar-refractivity contribution in [3.05, 3.63) is 197 Å². The molecule has 3 heteroatoms. The van der Waals surface area contributed by atoms with Gasteiger partial charge in [0.15, 0.2) is 0 Å². The first-order valence-corrected chi connectivity index (χ1v) is 15.7. The molecule has 0 aromatic heterocycles. The molecular weight excluding hydrogens is 546 g/mol. The SMILES string of the molecule is NC1(c2cc(C3(N)C=CC(c4ccccc4)=CC3)cc(C3(N)C=CC(c4ccccc4)=CC3)c2)C=CC(c2ccccc2)=CC1. The van der Waals surface area contributed by atoms with E-state index in [1.165, 1.54) is 33.4 Å². The van der Waals surface area contributed by atoms with Crippen molar-refractivity contribution in [1.29, 1.82) is 0 Å². The summed E-state index contributed by atoms with van der Waals surface area (Å²) in [7, 11) is 0. The smallest absolute Gasteiger partial charge is 0.0634 e. The van der Waals surface area contributed by atoms with Gasteiger partial charge in [0.05, 0.1) is 16.6 Å². The molecule has 0 amide bonds. The van der Waals surface area contributed by atoms with Crippen molar-refractivity contribution in [2.24, 2.45) is 17.2 Å². The lowest BCUT2D eigenvalue weighted by molar-refractivity contribution is 0.528. The van der Waals surface area contributed by atoms with Gasteiger partial charge in [-0.2, -0.15) is 0 Å². The third kappa shape index (κ3) is 5.74. The van der Waals surface area contributed by atoms with E-state index in [4.69, 9.17) is 17.2 Å². The van der Waals surface area contributed by atoms with E-state index in [1.54, 1.807) is 0 Å². The maximum Gasteiger partial charge on any atom is 0.0634 e. The predicted octanol–water partition coefficient (Wildman–Crippen LogP) is 8.28. The van der Waals surface area contributed by atoms with Crippen LogP contribution in [0.15, 0.2) is 164 Å². The van der Waals surface area contributed by atoms with Gasteiger partial charge in [0.2, 0.25) is 0 Å². The lowest BCUT2D eigenvalue weighted by Gasteiger charge is -2.36.